The van der Waals surface area contributed by atoms with Crippen molar-refractivity contribution in [2.75, 3.05) is 0 Å². The zero-order chi connectivity index (χ0) is 13.5. The Labute approximate surface area is 107 Å². The Kier molecular flexibility index (Phi) is 5.36. The first kappa shape index (κ1) is 14.2. The summed E-state index contributed by atoms with van der Waals surface area (Å²) >= 11 is 0. The molecule has 0 aliphatic rings. The van der Waals surface area contributed by atoms with Crippen LogP contribution in [0.1, 0.15) is 39.2 Å². The van der Waals surface area contributed by atoms with Crippen molar-refractivity contribution in [2.45, 2.75) is 40.0 Å². The van der Waals surface area contributed by atoms with Gasteiger partial charge < -0.3 is 9.47 Å². The van der Waals surface area contributed by atoms with Crippen LogP contribution < -0.4 is 9.47 Å². The van der Waals surface area contributed by atoms with Crippen LogP contribution in [0.15, 0.2) is 18.2 Å². The zero-order valence-corrected chi connectivity index (χ0v) is 11.0. The molecule has 0 aliphatic carbocycles. The molecule has 0 aromatic heterocycles. The highest BCUT2D eigenvalue weighted by molar-refractivity contribution is 5.72. The third-order valence-corrected chi connectivity index (χ3v) is 2.38. The number of carbonyl (C=O) groups is 2. The SMILES string of the molecule is CCCCc1c(OC(C)=O)cccc1OC(C)=O. The summed E-state index contributed by atoms with van der Waals surface area (Å²) in [6, 6.07) is 5.12. The molecule has 0 bridgehead atoms. The lowest BCUT2D eigenvalue weighted by molar-refractivity contribution is -0.132. The van der Waals surface area contributed by atoms with E-state index in [-0.39, 0.29) is 11.9 Å². The topological polar surface area (TPSA) is 52.6 Å². The standard InChI is InChI=1S/C14H18O4/c1-4-5-7-12-13(17-10(2)15)8-6-9-14(12)18-11(3)16/h6,8-9H,4-5,7H2,1-3H3. The molecular formula is C14H18O4. The molecule has 0 saturated carbocycles. The molecular weight excluding hydrogens is 232 g/mol. The van der Waals surface area contributed by atoms with Crippen LogP contribution in [0.25, 0.3) is 0 Å². The summed E-state index contributed by atoms with van der Waals surface area (Å²) in [5.41, 5.74) is 0.768. The van der Waals surface area contributed by atoms with Crippen LogP contribution in [0.5, 0.6) is 11.5 Å². The van der Waals surface area contributed by atoms with E-state index in [1.54, 1.807) is 18.2 Å². The van der Waals surface area contributed by atoms with E-state index < -0.39 is 0 Å². The lowest BCUT2D eigenvalue weighted by Crippen LogP contribution is -2.08. The molecule has 1 aromatic carbocycles. The summed E-state index contributed by atoms with van der Waals surface area (Å²) in [4.78, 5) is 22.1. The lowest BCUT2D eigenvalue weighted by Gasteiger charge is -2.13. The van der Waals surface area contributed by atoms with Crippen LogP contribution >= 0.6 is 0 Å². The molecule has 0 N–H and O–H groups in total. The van der Waals surface area contributed by atoms with Crippen LogP contribution in [0.3, 0.4) is 0 Å². The molecule has 98 valence electrons. The number of benzene rings is 1. The molecule has 1 aromatic rings. The Balaban J connectivity index is 3.07. The van der Waals surface area contributed by atoms with Gasteiger partial charge in [0.2, 0.25) is 0 Å². The molecule has 0 aliphatic heterocycles. The largest absolute Gasteiger partial charge is 0.426 e. The van der Waals surface area contributed by atoms with Gasteiger partial charge in [0.15, 0.2) is 0 Å². The van der Waals surface area contributed by atoms with Crippen LogP contribution in [0.2, 0.25) is 0 Å². The highest BCUT2D eigenvalue weighted by Crippen LogP contribution is 2.30. The molecule has 0 fully saturated rings. The van der Waals surface area contributed by atoms with Crippen molar-refractivity contribution < 1.29 is 19.1 Å². The third-order valence-electron chi connectivity index (χ3n) is 2.38. The van der Waals surface area contributed by atoms with Gasteiger partial charge in [-0.25, -0.2) is 0 Å². The summed E-state index contributed by atoms with van der Waals surface area (Å²) in [7, 11) is 0. The highest BCUT2D eigenvalue weighted by Gasteiger charge is 2.13. The van der Waals surface area contributed by atoms with E-state index >= 15 is 0 Å². The Bertz CT molecular complexity index is 403. The first-order chi connectivity index (χ1) is 8.54. The average molecular weight is 250 g/mol. The second-order valence-corrected chi connectivity index (χ2v) is 4.02. The van der Waals surface area contributed by atoms with Gasteiger partial charge in [0, 0.05) is 19.4 Å². The predicted octanol–water partition coefficient (Wildman–Crippen LogP) is 2.88. The van der Waals surface area contributed by atoms with Gasteiger partial charge in [-0.05, 0) is 25.0 Å². The fourth-order valence-corrected chi connectivity index (χ4v) is 1.65. The van der Waals surface area contributed by atoms with Gasteiger partial charge in [0.25, 0.3) is 0 Å². The maximum atomic E-state index is 11.0. The van der Waals surface area contributed by atoms with Gasteiger partial charge in [0.1, 0.15) is 11.5 Å². The number of carbonyl (C=O) groups excluding carboxylic acids is 2. The van der Waals surface area contributed by atoms with E-state index in [0.29, 0.717) is 17.9 Å². The number of unbranched alkanes of at least 4 members (excludes halogenated alkanes) is 1. The molecule has 1 rings (SSSR count). The van der Waals surface area contributed by atoms with E-state index in [2.05, 4.69) is 6.92 Å². The van der Waals surface area contributed by atoms with Crippen molar-refractivity contribution in [3.63, 3.8) is 0 Å². The summed E-state index contributed by atoms with van der Waals surface area (Å²) in [5.74, 6) is 0.171. The van der Waals surface area contributed by atoms with Crippen LogP contribution in [0, 0.1) is 0 Å². The lowest BCUT2D eigenvalue weighted by atomic mass is 10.1. The van der Waals surface area contributed by atoms with Crippen molar-refractivity contribution in [3.05, 3.63) is 23.8 Å². The molecule has 0 saturated heterocycles. The summed E-state index contributed by atoms with van der Waals surface area (Å²) < 4.78 is 10.3. The van der Waals surface area contributed by atoms with Crippen LogP contribution in [-0.2, 0) is 16.0 Å². The summed E-state index contributed by atoms with van der Waals surface area (Å²) in [6.07, 6.45) is 2.66. The molecule has 18 heavy (non-hydrogen) atoms. The Morgan fingerprint density at radius 3 is 1.94 bits per heavy atom. The van der Waals surface area contributed by atoms with Crippen molar-refractivity contribution in [2.24, 2.45) is 0 Å². The molecule has 0 amide bonds. The van der Waals surface area contributed by atoms with Crippen molar-refractivity contribution in [1.82, 2.24) is 0 Å². The minimum atomic E-state index is -0.382. The first-order valence-corrected chi connectivity index (χ1v) is 6.03. The maximum Gasteiger partial charge on any atom is 0.308 e. The van der Waals surface area contributed by atoms with Crippen molar-refractivity contribution >= 4 is 11.9 Å². The molecule has 4 nitrogen and oxygen atoms in total. The normalized spacial score (nSPS) is 9.94. The number of hydrogen-bond acceptors (Lipinski definition) is 4. The van der Waals surface area contributed by atoms with Gasteiger partial charge in [-0.15, -0.1) is 0 Å². The van der Waals surface area contributed by atoms with Gasteiger partial charge >= 0.3 is 11.9 Å². The minimum Gasteiger partial charge on any atom is -0.426 e. The van der Waals surface area contributed by atoms with Crippen molar-refractivity contribution in [3.8, 4) is 11.5 Å². The third kappa shape index (κ3) is 4.20. The van der Waals surface area contributed by atoms with E-state index in [9.17, 15) is 9.59 Å². The fraction of sp³-hybridized carbons (Fsp3) is 0.429. The van der Waals surface area contributed by atoms with E-state index in [1.807, 2.05) is 0 Å². The Morgan fingerprint density at radius 1 is 1.06 bits per heavy atom. The molecule has 0 spiro atoms. The monoisotopic (exact) mass is 250 g/mol. The Morgan fingerprint density at radius 2 is 1.56 bits per heavy atom. The minimum absolute atomic E-state index is 0.382. The summed E-state index contributed by atoms with van der Waals surface area (Å²) in [6.45, 7) is 4.77. The number of ether oxygens (including phenoxy) is 2. The maximum absolute atomic E-state index is 11.0. The molecule has 0 radical (unpaired) electrons. The molecule has 4 heteroatoms. The smallest absolute Gasteiger partial charge is 0.308 e. The Hall–Kier alpha value is -1.84. The average Bonchev–Trinajstić information content (AvgIpc) is 2.26. The number of rotatable bonds is 5. The number of esters is 2. The quantitative estimate of drug-likeness (QED) is 0.595. The molecule has 0 heterocycles. The fourth-order valence-electron chi connectivity index (χ4n) is 1.65. The summed E-state index contributed by atoms with van der Waals surface area (Å²) in [5, 5.41) is 0. The van der Waals surface area contributed by atoms with Crippen LogP contribution in [0.4, 0.5) is 0 Å². The second kappa shape index (κ2) is 6.79. The van der Waals surface area contributed by atoms with Crippen LogP contribution in [-0.4, -0.2) is 11.9 Å². The molecule has 0 atom stereocenters. The highest BCUT2D eigenvalue weighted by atomic mass is 16.5. The van der Waals surface area contributed by atoms with Crippen molar-refractivity contribution in [1.29, 1.82) is 0 Å². The van der Waals surface area contributed by atoms with Gasteiger partial charge in [0.05, 0.1) is 0 Å². The van der Waals surface area contributed by atoms with Gasteiger partial charge in [-0.2, -0.15) is 0 Å². The van der Waals surface area contributed by atoms with E-state index in [4.69, 9.17) is 9.47 Å². The first-order valence-electron chi connectivity index (χ1n) is 6.03. The molecule has 0 unspecified atom stereocenters. The predicted molar refractivity (Wildman–Crippen MR) is 67.7 cm³/mol. The second-order valence-electron chi connectivity index (χ2n) is 4.02. The van der Waals surface area contributed by atoms with Gasteiger partial charge in [-0.3, -0.25) is 9.59 Å². The zero-order valence-electron chi connectivity index (χ0n) is 11.0. The van der Waals surface area contributed by atoms with E-state index in [1.165, 1.54) is 13.8 Å². The van der Waals surface area contributed by atoms with Gasteiger partial charge in [-0.1, -0.05) is 19.4 Å². The van der Waals surface area contributed by atoms with E-state index in [0.717, 1.165) is 18.4 Å². The number of hydrogen-bond donors (Lipinski definition) is 0.